The van der Waals surface area contributed by atoms with E-state index in [4.69, 9.17) is 4.52 Å². The number of nitrogens with zero attached hydrogens (tertiary/aromatic N) is 2. The average molecular weight is 470 g/mol. The van der Waals surface area contributed by atoms with Crippen LogP contribution in [0.2, 0.25) is 0 Å². The molecule has 2 heterocycles. The molecule has 1 aromatic heterocycles. The van der Waals surface area contributed by atoms with Crippen LogP contribution in [-0.4, -0.2) is 43.4 Å². The number of fused-ring (bicyclic) bond motifs is 1. The first kappa shape index (κ1) is 23.4. The van der Waals surface area contributed by atoms with Gasteiger partial charge in [0.25, 0.3) is 0 Å². The van der Waals surface area contributed by atoms with Crippen molar-refractivity contribution in [3.8, 4) is 0 Å². The highest BCUT2D eigenvalue weighted by molar-refractivity contribution is 7.89. The van der Waals surface area contributed by atoms with Crippen LogP contribution in [0.4, 0.5) is 0 Å². The number of nitrogens with one attached hydrogen (secondary N) is 1. The van der Waals surface area contributed by atoms with Gasteiger partial charge in [0, 0.05) is 25.0 Å². The zero-order valence-electron chi connectivity index (χ0n) is 19.3. The molecule has 0 aliphatic carbocycles. The third kappa shape index (κ3) is 5.45. The van der Waals surface area contributed by atoms with Crippen molar-refractivity contribution in [1.29, 1.82) is 0 Å². The van der Waals surface area contributed by atoms with E-state index >= 15 is 0 Å². The van der Waals surface area contributed by atoms with Gasteiger partial charge in [-0.1, -0.05) is 36.2 Å². The predicted molar refractivity (Wildman–Crippen MR) is 128 cm³/mol. The Morgan fingerprint density at radius 3 is 2.45 bits per heavy atom. The summed E-state index contributed by atoms with van der Waals surface area (Å²) in [7, 11) is -3.44. The maximum Gasteiger partial charge on any atom is 0.243 e. The summed E-state index contributed by atoms with van der Waals surface area (Å²) in [4.78, 5) is 12.8. The topological polar surface area (TPSA) is 92.5 Å². The Morgan fingerprint density at radius 1 is 1.06 bits per heavy atom. The van der Waals surface area contributed by atoms with E-state index in [1.165, 1.54) is 0 Å². The van der Waals surface area contributed by atoms with Gasteiger partial charge in [-0.2, -0.15) is 4.31 Å². The number of carbonyl (C=O) groups excluding carboxylic acids is 1. The number of amides is 1. The van der Waals surface area contributed by atoms with E-state index in [0.717, 1.165) is 47.8 Å². The van der Waals surface area contributed by atoms with Gasteiger partial charge in [0.15, 0.2) is 5.58 Å². The van der Waals surface area contributed by atoms with Crippen molar-refractivity contribution in [3.63, 3.8) is 0 Å². The van der Waals surface area contributed by atoms with E-state index < -0.39 is 10.0 Å². The number of rotatable bonds is 7. The van der Waals surface area contributed by atoms with Gasteiger partial charge in [-0.25, -0.2) is 8.42 Å². The predicted octanol–water partition coefficient (Wildman–Crippen LogP) is 3.91. The summed E-state index contributed by atoms with van der Waals surface area (Å²) < 4.78 is 32.8. The van der Waals surface area contributed by atoms with Gasteiger partial charge in [-0.3, -0.25) is 4.79 Å². The van der Waals surface area contributed by atoms with Gasteiger partial charge in [-0.05, 0) is 68.0 Å². The van der Waals surface area contributed by atoms with Crippen LogP contribution in [0.25, 0.3) is 11.0 Å². The highest BCUT2D eigenvalue weighted by Gasteiger charge is 2.24. The lowest BCUT2D eigenvalue weighted by atomic mass is 10.0. The molecule has 1 N–H and O–H groups in total. The third-order valence-corrected chi connectivity index (χ3v) is 8.09. The summed E-state index contributed by atoms with van der Waals surface area (Å²) in [5.41, 5.74) is 4.46. The van der Waals surface area contributed by atoms with Crippen molar-refractivity contribution in [2.24, 2.45) is 0 Å². The van der Waals surface area contributed by atoms with Gasteiger partial charge in [0.05, 0.1) is 11.3 Å². The monoisotopic (exact) mass is 469 g/mol. The van der Waals surface area contributed by atoms with Crippen molar-refractivity contribution in [1.82, 2.24) is 14.8 Å². The largest absolute Gasteiger partial charge is 0.356 e. The molecule has 0 bridgehead atoms. The molecule has 7 nitrogen and oxygen atoms in total. The second kappa shape index (κ2) is 10.1. The number of carbonyl (C=O) groups is 1. The van der Waals surface area contributed by atoms with Gasteiger partial charge in [-0.15, -0.1) is 0 Å². The molecule has 4 rings (SSSR count). The zero-order chi connectivity index (χ0) is 23.4. The minimum Gasteiger partial charge on any atom is -0.356 e. The van der Waals surface area contributed by atoms with Crippen LogP contribution in [-0.2, 0) is 27.7 Å². The highest BCUT2D eigenvalue weighted by atomic mass is 32.2. The van der Waals surface area contributed by atoms with Crippen molar-refractivity contribution in [2.45, 2.75) is 57.3 Å². The zero-order valence-corrected chi connectivity index (χ0v) is 20.1. The Balaban J connectivity index is 1.31. The number of sulfonamides is 1. The van der Waals surface area contributed by atoms with E-state index in [1.807, 2.05) is 32.0 Å². The molecule has 1 aliphatic heterocycles. The Hall–Kier alpha value is -2.71. The normalized spacial score (nSPS) is 15.5. The van der Waals surface area contributed by atoms with E-state index in [-0.39, 0.29) is 12.3 Å². The quantitative estimate of drug-likeness (QED) is 0.566. The maximum atomic E-state index is 12.9. The van der Waals surface area contributed by atoms with Crippen LogP contribution in [0, 0.1) is 13.8 Å². The van der Waals surface area contributed by atoms with Gasteiger partial charge in [0.1, 0.15) is 5.69 Å². The standard InChI is InChI=1S/C25H31N3O4S/c1-18-15-19(2)25-22(27-32-23(25)16-18)17-24(29)26-12-11-20-7-9-21(10-8-20)33(30,31)28-13-5-3-4-6-14-28/h7-10,15-16H,3-6,11-14,17H2,1-2H3,(H,26,29). The molecular weight excluding hydrogens is 438 g/mol. The van der Waals surface area contributed by atoms with Crippen LogP contribution in [0.3, 0.4) is 0 Å². The Kier molecular flexibility index (Phi) is 7.14. The lowest BCUT2D eigenvalue weighted by Crippen LogP contribution is -2.31. The van der Waals surface area contributed by atoms with Gasteiger partial charge in [0.2, 0.25) is 15.9 Å². The van der Waals surface area contributed by atoms with Crippen LogP contribution in [0.1, 0.15) is 48.1 Å². The average Bonchev–Trinajstić information content (AvgIpc) is 2.98. The molecule has 176 valence electrons. The second-order valence-electron chi connectivity index (χ2n) is 8.82. The molecule has 33 heavy (non-hydrogen) atoms. The second-order valence-corrected chi connectivity index (χ2v) is 10.8. The summed E-state index contributed by atoms with van der Waals surface area (Å²) in [6.45, 7) is 5.64. The van der Waals surface area contributed by atoms with E-state index in [9.17, 15) is 13.2 Å². The number of benzene rings is 2. The molecular formula is C25H31N3O4S. The smallest absolute Gasteiger partial charge is 0.243 e. The SMILES string of the molecule is Cc1cc(C)c2c(CC(=O)NCCc3ccc(S(=O)(=O)N4CCCCCC4)cc3)noc2c1. The molecule has 0 unspecified atom stereocenters. The maximum absolute atomic E-state index is 12.9. The molecule has 0 radical (unpaired) electrons. The number of aryl methyl sites for hydroxylation is 2. The van der Waals surface area contributed by atoms with Crippen LogP contribution in [0.15, 0.2) is 45.8 Å². The molecule has 0 spiro atoms. The third-order valence-electron chi connectivity index (χ3n) is 6.18. The molecule has 8 heteroatoms. The van der Waals surface area contributed by atoms with Crippen molar-refractivity contribution >= 4 is 26.9 Å². The molecule has 1 aliphatic rings. The van der Waals surface area contributed by atoms with Gasteiger partial charge < -0.3 is 9.84 Å². The van der Waals surface area contributed by atoms with E-state index in [1.54, 1.807) is 16.4 Å². The minimum atomic E-state index is -3.44. The van der Waals surface area contributed by atoms with Crippen LogP contribution < -0.4 is 5.32 Å². The van der Waals surface area contributed by atoms with E-state index in [2.05, 4.69) is 16.5 Å². The molecule has 0 atom stereocenters. The molecule has 1 amide bonds. The molecule has 0 saturated carbocycles. The van der Waals surface area contributed by atoms with Crippen molar-refractivity contribution < 1.29 is 17.7 Å². The number of aromatic nitrogens is 1. The Bertz CT molecular complexity index is 1220. The number of hydrogen-bond donors (Lipinski definition) is 1. The first-order chi connectivity index (χ1) is 15.8. The lowest BCUT2D eigenvalue weighted by molar-refractivity contribution is -0.120. The lowest BCUT2D eigenvalue weighted by Gasteiger charge is -2.20. The molecule has 1 saturated heterocycles. The first-order valence-electron chi connectivity index (χ1n) is 11.6. The minimum absolute atomic E-state index is 0.120. The van der Waals surface area contributed by atoms with E-state index in [0.29, 0.717) is 42.2 Å². The summed E-state index contributed by atoms with van der Waals surface area (Å²) >= 11 is 0. The summed E-state index contributed by atoms with van der Waals surface area (Å²) in [6, 6.07) is 11.0. The van der Waals surface area contributed by atoms with Crippen molar-refractivity contribution in [2.75, 3.05) is 19.6 Å². The number of hydrogen-bond acceptors (Lipinski definition) is 5. The fraction of sp³-hybridized carbons (Fsp3) is 0.440. The molecule has 1 fully saturated rings. The summed E-state index contributed by atoms with van der Waals surface area (Å²) in [5, 5.41) is 7.91. The summed E-state index contributed by atoms with van der Waals surface area (Å²) in [6.07, 6.45) is 4.78. The molecule has 2 aromatic carbocycles. The van der Waals surface area contributed by atoms with Crippen LogP contribution >= 0.6 is 0 Å². The first-order valence-corrected chi connectivity index (χ1v) is 13.0. The highest BCUT2D eigenvalue weighted by Crippen LogP contribution is 2.24. The Labute approximate surface area is 195 Å². The fourth-order valence-corrected chi connectivity index (χ4v) is 5.98. The fourth-order valence-electron chi connectivity index (χ4n) is 4.46. The Morgan fingerprint density at radius 2 is 1.76 bits per heavy atom. The molecule has 3 aromatic rings. The summed E-state index contributed by atoms with van der Waals surface area (Å²) in [5.74, 6) is -0.120. The van der Waals surface area contributed by atoms with Crippen LogP contribution in [0.5, 0.6) is 0 Å². The van der Waals surface area contributed by atoms with Crippen molar-refractivity contribution in [3.05, 3.63) is 58.8 Å². The van der Waals surface area contributed by atoms with Gasteiger partial charge >= 0.3 is 0 Å².